The van der Waals surface area contributed by atoms with Crippen molar-refractivity contribution in [1.82, 2.24) is 24.7 Å². The van der Waals surface area contributed by atoms with E-state index < -0.39 is 11.9 Å². The number of hydrogen-bond acceptors (Lipinski definition) is 6. The summed E-state index contributed by atoms with van der Waals surface area (Å²) in [6.45, 7) is 3.11. The van der Waals surface area contributed by atoms with Crippen LogP contribution in [0.3, 0.4) is 0 Å². The average Bonchev–Trinajstić information content (AvgIpc) is 3.28. The molecule has 10 heteroatoms. The van der Waals surface area contributed by atoms with Gasteiger partial charge in [-0.3, -0.25) is 0 Å². The first-order chi connectivity index (χ1) is 13.5. The van der Waals surface area contributed by atoms with E-state index in [4.69, 9.17) is 0 Å². The van der Waals surface area contributed by atoms with Crippen LogP contribution in [0.2, 0.25) is 0 Å². The molecule has 0 radical (unpaired) electrons. The highest BCUT2D eigenvalue weighted by Gasteiger charge is 2.35. The van der Waals surface area contributed by atoms with Crippen LogP contribution in [0, 0.1) is 0 Å². The summed E-state index contributed by atoms with van der Waals surface area (Å²) in [6.07, 6.45) is 0.352. The molecule has 0 atom stereocenters. The summed E-state index contributed by atoms with van der Waals surface area (Å²) < 4.78 is 42.2. The molecule has 0 N–H and O–H groups in total. The van der Waals surface area contributed by atoms with E-state index in [1.165, 1.54) is 0 Å². The molecule has 1 saturated carbocycles. The highest BCUT2D eigenvalue weighted by atomic mass is 19.4. The minimum Gasteiger partial charge on any atom is -0.354 e. The van der Waals surface area contributed by atoms with Crippen LogP contribution in [0.1, 0.15) is 48.9 Å². The Hall–Kier alpha value is -2.39. The van der Waals surface area contributed by atoms with Gasteiger partial charge in [0.2, 0.25) is 5.95 Å². The molecule has 0 spiro atoms. The Labute approximate surface area is 160 Å². The lowest BCUT2D eigenvalue weighted by atomic mass is 10.3. The summed E-state index contributed by atoms with van der Waals surface area (Å²) in [5.41, 5.74) is -0.879. The van der Waals surface area contributed by atoms with Crippen molar-refractivity contribution in [2.75, 3.05) is 36.0 Å². The number of halogens is 3. The second-order valence-corrected chi connectivity index (χ2v) is 7.72. The van der Waals surface area contributed by atoms with Gasteiger partial charge in [0.25, 0.3) is 0 Å². The monoisotopic (exact) mass is 393 g/mol. The number of anilines is 2. The average molecular weight is 393 g/mol. The summed E-state index contributed by atoms with van der Waals surface area (Å²) in [7, 11) is 0. The summed E-state index contributed by atoms with van der Waals surface area (Å²) in [4.78, 5) is 16.7. The van der Waals surface area contributed by atoms with Crippen LogP contribution >= 0.6 is 0 Å². The molecule has 1 saturated heterocycles. The first-order valence-corrected chi connectivity index (χ1v) is 9.87. The van der Waals surface area contributed by atoms with Gasteiger partial charge in [-0.2, -0.15) is 23.3 Å². The number of hydrogen-bond donors (Lipinski definition) is 0. The Morgan fingerprint density at radius 2 is 1.68 bits per heavy atom. The van der Waals surface area contributed by atoms with Gasteiger partial charge >= 0.3 is 6.18 Å². The minimum atomic E-state index is -4.49. The number of alkyl halides is 3. The van der Waals surface area contributed by atoms with E-state index >= 15 is 0 Å². The molecule has 0 unspecified atom stereocenters. The van der Waals surface area contributed by atoms with Crippen molar-refractivity contribution in [2.24, 2.45) is 0 Å². The van der Waals surface area contributed by atoms with Crippen molar-refractivity contribution < 1.29 is 13.2 Å². The number of nitrogens with zero attached hydrogens (tertiary/aromatic N) is 7. The molecule has 0 amide bonds. The van der Waals surface area contributed by atoms with E-state index in [1.54, 1.807) is 0 Å². The number of rotatable bonds is 3. The quantitative estimate of drug-likeness (QED) is 0.799. The van der Waals surface area contributed by atoms with E-state index in [-0.39, 0.29) is 5.95 Å². The van der Waals surface area contributed by atoms with Gasteiger partial charge in [-0.1, -0.05) is 0 Å². The van der Waals surface area contributed by atoms with Gasteiger partial charge in [0.1, 0.15) is 11.6 Å². The molecule has 2 aromatic rings. The Bertz CT molecular complexity index is 843. The first-order valence-electron chi connectivity index (χ1n) is 9.87. The Morgan fingerprint density at radius 3 is 2.39 bits per heavy atom. The number of aromatic nitrogens is 5. The standard InChI is InChI=1S/C18H22F3N7/c19-18(20,21)13-11-15(24-17(22-13)27-6-1-2-7-27)26-8-5-14-23-16(12-3-4-12)25-28(14)10-9-26/h11-12H,1-10H2. The fraction of sp³-hybridized carbons (Fsp3) is 0.667. The molecule has 2 aliphatic heterocycles. The van der Waals surface area contributed by atoms with E-state index in [2.05, 4.69) is 20.1 Å². The molecule has 4 heterocycles. The van der Waals surface area contributed by atoms with Crippen molar-refractivity contribution in [3.63, 3.8) is 0 Å². The third-order valence-corrected chi connectivity index (χ3v) is 5.60. The smallest absolute Gasteiger partial charge is 0.354 e. The normalized spacial score (nSPS) is 20.4. The summed E-state index contributed by atoms with van der Waals surface area (Å²) in [6, 6.07) is 1.07. The molecule has 7 nitrogen and oxygen atoms in total. The lowest BCUT2D eigenvalue weighted by molar-refractivity contribution is -0.141. The Balaban J connectivity index is 1.41. The molecule has 150 valence electrons. The molecular weight excluding hydrogens is 371 g/mol. The number of fused-ring (bicyclic) bond motifs is 1. The predicted molar refractivity (Wildman–Crippen MR) is 96.4 cm³/mol. The molecule has 3 aliphatic rings. The van der Waals surface area contributed by atoms with E-state index in [9.17, 15) is 13.2 Å². The van der Waals surface area contributed by atoms with Crippen LogP contribution in [-0.2, 0) is 19.1 Å². The van der Waals surface area contributed by atoms with E-state index in [1.807, 2.05) is 14.5 Å². The van der Waals surface area contributed by atoms with Gasteiger partial charge < -0.3 is 9.80 Å². The maximum Gasteiger partial charge on any atom is 0.433 e. The van der Waals surface area contributed by atoms with Gasteiger partial charge in [0, 0.05) is 44.6 Å². The van der Waals surface area contributed by atoms with Gasteiger partial charge in [0.05, 0.1) is 6.54 Å². The molecule has 1 aliphatic carbocycles. The van der Waals surface area contributed by atoms with E-state index in [0.29, 0.717) is 50.9 Å². The fourth-order valence-electron chi connectivity index (χ4n) is 3.85. The first kappa shape index (κ1) is 17.7. The minimum absolute atomic E-state index is 0.179. The van der Waals surface area contributed by atoms with Crippen LogP contribution in [0.5, 0.6) is 0 Å². The third-order valence-electron chi connectivity index (χ3n) is 5.60. The van der Waals surface area contributed by atoms with Gasteiger partial charge in [-0.05, 0) is 25.7 Å². The van der Waals surface area contributed by atoms with Crippen molar-refractivity contribution in [3.05, 3.63) is 23.4 Å². The van der Waals surface area contributed by atoms with Crippen molar-refractivity contribution in [1.29, 1.82) is 0 Å². The summed E-state index contributed by atoms with van der Waals surface area (Å²) in [5.74, 6) is 2.83. The maximum absolute atomic E-state index is 13.4. The Kier molecular flexibility index (Phi) is 4.17. The van der Waals surface area contributed by atoms with Crippen LogP contribution in [0.15, 0.2) is 6.07 Å². The topological polar surface area (TPSA) is 63.0 Å². The van der Waals surface area contributed by atoms with Gasteiger partial charge in [-0.15, -0.1) is 0 Å². The molecule has 2 fully saturated rings. The second-order valence-electron chi connectivity index (χ2n) is 7.72. The fourth-order valence-corrected chi connectivity index (χ4v) is 3.85. The van der Waals surface area contributed by atoms with Gasteiger partial charge in [0.15, 0.2) is 11.5 Å². The summed E-state index contributed by atoms with van der Waals surface area (Å²) >= 11 is 0. The van der Waals surface area contributed by atoms with Crippen LogP contribution in [0.25, 0.3) is 0 Å². The zero-order chi connectivity index (χ0) is 19.3. The lowest BCUT2D eigenvalue weighted by Crippen LogP contribution is -2.30. The largest absolute Gasteiger partial charge is 0.433 e. The lowest BCUT2D eigenvalue weighted by Gasteiger charge is -2.24. The molecule has 0 aromatic carbocycles. The molecule has 0 bridgehead atoms. The zero-order valence-electron chi connectivity index (χ0n) is 15.5. The van der Waals surface area contributed by atoms with Crippen LogP contribution in [0.4, 0.5) is 24.9 Å². The highest BCUT2D eigenvalue weighted by molar-refractivity contribution is 5.47. The van der Waals surface area contributed by atoms with Crippen molar-refractivity contribution >= 4 is 11.8 Å². The zero-order valence-corrected chi connectivity index (χ0v) is 15.5. The van der Waals surface area contributed by atoms with Crippen LogP contribution < -0.4 is 9.80 Å². The molecule has 28 heavy (non-hydrogen) atoms. The molecular formula is C18H22F3N7. The van der Waals surface area contributed by atoms with Crippen molar-refractivity contribution in [3.8, 4) is 0 Å². The molecule has 5 rings (SSSR count). The predicted octanol–water partition coefficient (Wildman–Crippen LogP) is 2.63. The summed E-state index contributed by atoms with van der Waals surface area (Å²) in [5, 5.41) is 4.60. The highest BCUT2D eigenvalue weighted by Crippen LogP contribution is 2.38. The Morgan fingerprint density at radius 1 is 0.893 bits per heavy atom. The van der Waals surface area contributed by atoms with Crippen LogP contribution in [-0.4, -0.2) is 50.9 Å². The van der Waals surface area contributed by atoms with Crippen molar-refractivity contribution in [2.45, 2.75) is 50.7 Å². The SMILES string of the molecule is FC(F)(F)c1cc(N2CCc3nc(C4CC4)nn3CC2)nc(N2CCCC2)n1. The third kappa shape index (κ3) is 3.40. The van der Waals surface area contributed by atoms with Gasteiger partial charge in [-0.25, -0.2) is 14.6 Å². The maximum atomic E-state index is 13.4. The molecule has 2 aromatic heterocycles. The van der Waals surface area contributed by atoms with E-state index in [0.717, 1.165) is 43.4 Å². The second kappa shape index (κ2) is 6.59.